The highest BCUT2D eigenvalue weighted by Crippen LogP contribution is 2.34. The van der Waals surface area contributed by atoms with Crippen LogP contribution in [0.25, 0.3) is 0 Å². The number of aliphatic hydroxyl groups excluding tert-OH is 1. The number of carbonyl (C=O) groups is 2. The van der Waals surface area contributed by atoms with Crippen molar-refractivity contribution in [3.05, 3.63) is 48.0 Å². The quantitative estimate of drug-likeness (QED) is 0.544. The number of aliphatic hydroxyl groups is 1. The highest BCUT2D eigenvalue weighted by atomic mass is 16.5. The Kier molecular flexibility index (Phi) is 7.44. The summed E-state index contributed by atoms with van der Waals surface area (Å²) in [7, 11) is 3.02. The van der Waals surface area contributed by atoms with E-state index in [0.717, 1.165) is 5.56 Å². The molecule has 0 fully saturated rings. The molecule has 0 heterocycles. The Bertz CT molecular complexity index is 850. The minimum Gasteiger partial charge on any atom is -0.493 e. The summed E-state index contributed by atoms with van der Waals surface area (Å²) < 4.78 is 10.5. The molecule has 0 saturated heterocycles. The Labute approximate surface area is 170 Å². The van der Waals surface area contributed by atoms with Crippen molar-refractivity contribution in [3.63, 3.8) is 0 Å². The Morgan fingerprint density at radius 1 is 1.00 bits per heavy atom. The normalized spacial score (nSPS) is 10.8. The molecule has 29 heavy (non-hydrogen) atoms. The Morgan fingerprint density at radius 3 is 2.28 bits per heavy atom. The molecule has 0 unspecified atom stereocenters. The minimum atomic E-state index is -0.669. The van der Waals surface area contributed by atoms with Crippen LogP contribution in [0.15, 0.2) is 42.5 Å². The van der Waals surface area contributed by atoms with Crippen molar-refractivity contribution in [2.75, 3.05) is 31.5 Å². The molecule has 2 rings (SSSR count). The van der Waals surface area contributed by atoms with Gasteiger partial charge in [-0.1, -0.05) is 18.2 Å². The molecule has 0 radical (unpaired) electrons. The first-order valence-electron chi connectivity index (χ1n) is 9.08. The number of hydrogen-bond donors (Lipinski definition) is 4. The van der Waals surface area contributed by atoms with Gasteiger partial charge in [0.1, 0.15) is 0 Å². The van der Waals surface area contributed by atoms with Crippen molar-refractivity contribution in [1.29, 1.82) is 0 Å². The van der Waals surface area contributed by atoms with Crippen LogP contribution in [0, 0.1) is 0 Å². The molecular formula is C21H27N3O5. The second kappa shape index (κ2) is 9.79. The first kappa shape index (κ1) is 22.0. The summed E-state index contributed by atoms with van der Waals surface area (Å²) in [5.41, 5.74) is 1.17. The van der Waals surface area contributed by atoms with Crippen LogP contribution in [0.4, 0.5) is 16.2 Å². The third-order valence-electron chi connectivity index (χ3n) is 4.10. The summed E-state index contributed by atoms with van der Waals surface area (Å²) in [4.78, 5) is 24.3. The fourth-order valence-corrected chi connectivity index (χ4v) is 2.62. The molecule has 2 aromatic rings. The van der Waals surface area contributed by atoms with Gasteiger partial charge in [-0.25, -0.2) is 4.79 Å². The second-order valence-electron chi connectivity index (χ2n) is 7.08. The second-order valence-corrected chi connectivity index (χ2v) is 7.08. The third kappa shape index (κ3) is 6.39. The summed E-state index contributed by atoms with van der Waals surface area (Å²) >= 11 is 0. The summed E-state index contributed by atoms with van der Waals surface area (Å²) in [6.07, 6.45) is 0.177. The maximum atomic E-state index is 12.3. The van der Waals surface area contributed by atoms with E-state index in [1.165, 1.54) is 14.2 Å². The number of methoxy groups -OCH3 is 2. The van der Waals surface area contributed by atoms with Crippen molar-refractivity contribution >= 4 is 23.3 Å². The maximum absolute atomic E-state index is 12.3. The zero-order chi connectivity index (χ0) is 21.4. The molecule has 0 aromatic heterocycles. The number of anilines is 2. The number of rotatable bonds is 8. The molecular weight excluding hydrogens is 374 g/mol. The van der Waals surface area contributed by atoms with E-state index in [9.17, 15) is 14.7 Å². The molecule has 0 spiro atoms. The van der Waals surface area contributed by atoms with Gasteiger partial charge in [-0.2, -0.15) is 0 Å². The van der Waals surface area contributed by atoms with Crippen LogP contribution in [0.3, 0.4) is 0 Å². The molecule has 0 aliphatic carbocycles. The average Bonchev–Trinajstić information content (AvgIpc) is 2.68. The van der Waals surface area contributed by atoms with E-state index in [4.69, 9.17) is 9.47 Å². The summed E-state index contributed by atoms with van der Waals surface area (Å²) in [5, 5.41) is 17.4. The molecule has 0 aliphatic rings. The predicted molar refractivity (Wildman–Crippen MR) is 112 cm³/mol. The van der Waals surface area contributed by atoms with E-state index in [1.54, 1.807) is 56.3 Å². The van der Waals surface area contributed by atoms with Crippen LogP contribution in [0.1, 0.15) is 19.4 Å². The first-order chi connectivity index (χ1) is 13.8. The smallest absolute Gasteiger partial charge is 0.323 e. The fourth-order valence-electron chi connectivity index (χ4n) is 2.62. The topological polar surface area (TPSA) is 109 Å². The van der Waals surface area contributed by atoms with Gasteiger partial charge in [-0.05, 0) is 43.7 Å². The molecule has 0 aliphatic heterocycles. The van der Waals surface area contributed by atoms with Crippen molar-refractivity contribution in [2.24, 2.45) is 0 Å². The van der Waals surface area contributed by atoms with Gasteiger partial charge in [0.05, 0.1) is 38.5 Å². The zero-order valence-corrected chi connectivity index (χ0v) is 17.0. The van der Waals surface area contributed by atoms with Gasteiger partial charge in [0.15, 0.2) is 11.5 Å². The average molecular weight is 401 g/mol. The summed E-state index contributed by atoms with van der Waals surface area (Å²) in [5.74, 6) is 0.752. The predicted octanol–water partition coefficient (Wildman–Crippen LogP) is 2.78. The van der Waals surface area contributed by atoms with Gasteiger partial charge in [0, 0.05) is 5.69 Å². The van der Waals surface area contributed by atoms with Crippen molar-refractivity contribution in [3.8, 4) is 11.5 Å². The molecule has 0 atom stereocenters. The third-order valence-corrected chi connectivity index (χ3v) is 4.10. The van der Waals surface area contributed by atoms with Gasteiger partial charge in [-0.3, -0.25) is 4.79 Å². The maximum Gasteiger partial charge on any atom is 0.323 e. The lowest BCUT2D eigenvalue weighted by atomic mass is 10.1. The fraction of sp³-hybridized carbons (Fsp3) is 0.333. The molecule has 156 valence electrons. The van der Waals surface area contributed by atoms with E-state index >= 15 is 0 Å². The molecule has 4 N–H and O–H groups in total. The molecule has 8 heteroatoms. The van der Waals surface area contributed by atoms with Gasteiger partial charge in [0.25, 0.3) is 0 Å². The number of ether oxygens (including phenoxy) is 2. The standard InChI is InChI=1S/C21H27N3O5/c1-21(2,13-25)24-18(26)12-14-8-10-15(11-9-14)22-20(27)23-16-6-5-7-17(28-3)19(16)29-4/h5-11,25H,12-13H2,1-4H3,(H,24,26)(H2,22,23,27). The van der Waals surface area contributed by atoms with Crippen LogP contribution < -0.4 is 25.4 Å². The van der Waals surface area contributed by atoms with Crippen molar-refractivity contribution < 1.29 is 24.2 Å². The van der Waals surface area contributed by atoms with Crippen molar-refractivity contribution in [1.82, 2.24) is 5.32 Å². The lowest BCUT2D eigenvalue weighted by Crippen LogP contribution is -2.46. The number of amides is 3. The molecule has 3 amide bonds. The summed E-state index contributed by atoms with van der Waals surface area (Å²) in [6, 6.07) is 11.7. The molecule has 2 aromatic carbocycles. The zero-order valence-electron chi connectivity index (χ0n) is 17.0. The molecule has 0 bridgehead atoms. The van der Waals surface area contributed by atoms with Gasteiger partial charge in [-0.15, -0.1) is 0 Å². The monoisotopic (exact) mass is 401 g/mol. The van der Waals surface area contributed by atoms with Crippen molar-refractivity contribution in [2.45, 2.75) is 25.8 Å². The van der Waals surface area contributed by atoms with E-state index in [2.05, 4.69) is 16.0 Å². The first-order valence-corrected chi connectivity index (χ1v) is 9.08. The number of para-hydroxylation sites is 1. The Balaban J connectivity index is 1.96. The number of benzene rings is 2. The van der Waals surface area contributed by atoms with Gasteiger partial charge >= 0.3 is 6.03 Å². The Hall–Kier alpha value is -3.26. The van der Waals surface area contributed by atoms with Crippen LogP contribution in [-0.2, 0) is 11.2 Å². The number of hydrogen-bond acceptors (Lipinski definition) is 5. The highest BCUT2D eigenvalue weighted by molar-refractivity contribution is 6.01. The largest absolute Gasteiger partial charge is 0.493 e. The van der Waals surface area contributed by atoms with Crippen LogP contribution >= 0.6 is 0 Å². The van der Waals surface area contributed by atoms with Crippen LogP contribution in [0.2, 0.25) is 0 Å². The van der Waals surface area contributed by atoms with Crippen LogP contribution in [0.5, 0.6) is 11.5 Å². The number of nitrogens with one attached hydrogen (secondary N) is 3. The number of urea groups is 1. The van der Waals surface area contributed by atoms with E-state index in [1.807, 2.05) is 0 Å². The molecule has 8 nitrogen and oxygen atoms in total. The van der Waals surface area contributed by atoms with Gasteiger partial charge in [0.2, 0.25) is 5.91 Å². The SMILES string of the molecule is COc1cccc(NC(=O)Nc2ccc(CC(=O)NC(C)(C)CO)cc2)c1OC. The molecule has 0 saturated carbocycles. The van der Waals surface area contributed by atoms with E-state index < -0.39 is 11.6 Å². The van der Waals surface area contributed by atoms with E-state index in [0.29, 0.717) is 22.9 Å². The number of carbonyl (C=O) groups excluding carboxylic acids is 2. The van der Waals surface area contributed by atoms with E-state index in [-0.39, 0.29) is 18.9 Å². The van der Waals surface area contributed by atoms with Gasteiger partial charge < -0.3 is 30.5 Å². The Morgan fingerprint density at radius 2 is 1.69 bits per heavy atom. The highest BCUT2D eigenvalue weighted by Gasteiger charge is 2.19. The van der Waals surface area contributed by atoms with Crippen LogP contribution in [-0.4, -0.2) is 43.4 Å². The lowest BCUT2D eigenvalue weighted by Gasteiger charge is -2.23. The lowest BCUT2D eigenvalue weighted by molar-refractivity contribution is -0.122. The summed E-state index contributed by atoms with van der Waals surface area (Å²) in [6.45, 7) is 3.34. The minimum absolute atomic E-state index is 0.144.